The van der Waals surface area contributed by atoms with Gasteiger partial charge in [0.15, 0.2) is 0 Å². The van der Waals surface area contributed by atoms with Gasteiger partial charge in [-0.3, -0.25) is 0 Å². The molecule has 0 aliphatic heterocycles. The third-order valence-electron chi connectivity index (χ3n) is 24.8. The number of nitrogens with zero attached hydrogens (tertiary/aromatic N) is 2. The third-order valence-corrected chi connectivity index (χ3v) is 24.8. The number of hydrogen-bond donors (Lipinski definition) is 0. The number of benzene rings is 17. The fourth-order valence-corrected chi connectivity index (χ4v) is 18.8. The summed E-state index contributed by atoms with van der Waals surface area (Å²) in [6, 6.07) is 137. The Bertz CT molecular complexity index is 6990. The second-order valence-electron chi connectivity index (χ2n) is 32.3. The summed E-state index contributed by atoms with van der Waals surface area (Å²) in [5.41, 5.74) is 38.0. The summed E-state index contributed by atoms with van der Waals surface area (Å²) in [4.78, 5) is 4.82. The first kappa shape index (κ1) is 67.3. The standard InChI is InChI=1S/C55H39NO.C54H41NO/c1-55(2)50-34-41(45-18-11-19-49-48-17-8-9-21-53(48)57-54(45)49)28-32-46(50)47-33-31-43(35-51(47)55)56(52-20-10-15-40-14-6-7-16-44(40)52)42-29-26-39(27-30-42)38-24-22-37(23-25-38)36-12-4-3-5-13-36;1-53(2)47-19-10-8-15-41(47)42-28-23-35(31-48(42)53)34-21-25-38(26-22-34)55(37-13-6-5-7-14-37)39-27-30-44-43-29-24-36(32-49(43)54(3,4)50(44)33-39)40-17-12-18-46-45-16-9-11-20-51(45)56-52(40)46/h3-35H,1-2H3;5-33H,1-4H3. The van der Waals surface area contributed by atoms with Crippen molar-refractivity contribution in [2.75, 3.05) is 9.80 Å². The Morgan fingerprint density at radius 3 is 1.05 bits per heavy atom. The molecule has 0 spiro atoms. The van der Waals surface area contributed by atoms with Crippen molar-refractivity contribution in [3.05, 3.63) is 409 Å². The van der Waals surface area contributed by atoms with Crippen LogP contribution in [0.2, 0.25) is 0 Å². The van der Waals surface area contributed by atoms with Crippen LogP contribution in [0, 0.1) is 0 Å². The molecule has 17 aromatic carbocycles. The van der Waals surface area contributed by atoms with E-state index in [1.807, 2.05) is 12.1 Å². The summed E-state index contributed by atoms with van der Waals surface area (Å²) < 4.78 is 12.9. The lowest BCUT2D eigenvalue weighted by Gasteiger charge is -2.29. The van der Waals surface area contributed by atoms with E-state index < -0.39 is 0 Å². The predicted molar refractivity (Wildman–Crippen MR) is 474 cm³/mol. The second kappa shape index (κ2) is 26.2. The lowest BCUT2D eigenvalue weighted by Crippen LogP contribution is -2.17. The highest BCUT2D eigenvalue weighted by Gasteiger charge is 2.40. The van der Waals surface area contributed by atoms with Crippen LogP contribution in [0.4, 0.5) is 34.1 Å². The first-order valence-corrected chi connectivity index (χ1v) is 39.4. The molecule has 0 saturated heterocycles. The molecule has 4 nitrogen and oxygen atoms in total. The average Bonchev–Trinajstić information content (AvgIpc) is 1.58. The van der Waals surface area contributed by atoms with Gasteiger partial charge in [-0.05, 0) is 214 Å². The second-order valence-corrected chi connectivity index (χ2v) is 32.3. The molecule has 2 heterocycles. The Morgan fingerprint density at radius 2 is 0.513 bits per heavy atom. The Morgan fingerprint density at radius 1 is 0.195 bits per heavy atom. The molecule has 3 aliphatic carbocycles. The lowest BCUT2D eigenvalue weighted by atomic mass is 9.81. The highest BCUT2D eigenvalue weighted by molar-refractivity contribution is 6.11. The number of fused-ring (bicyclic) bond motifs is 16. The molecule has 3 aliphatic rings. The largest absolute Gasteiger partial charge is 0.455 e. The van der Waals surface area contributed by atoms with E-state index in [1.165, 1.54) is 122 Å². The molecule has 0 radical (unpaired) electrons. The number of para-hydroxylation sites is 5. The summed E-state index contributed by atoms with van der Waals surface area (Å²) in [5.74, 6) is 0. The normalized spacial score (nSPS) is 13.6. The smallest absolute Gasteiger partial charge is 0.143 e. The van der Waals surface area contributed by atoms with Gasteiger partial charge >= 0.3 is 0 Å². The summed E-state index contributed by atoms with van der Waals surface area (Å²) in [6.07, 6.45) is 0. The Labute approximate surface area is 659 Å². The topological polar surface area (TPSA) is 32.8 Å². The SMILES string of the molecule is CC1(C)c2cc(-c3cccc4c3oc3ccccc34)ccc2-c2ccc(N(c3ccc(-c4ccc(-c5ccccc5)cc4)cc3)c3cccc4ccccc34)cc21.CC1(C)c2ccccc2-c2ccc(-c3ccc(N(c4ccccc4)c4ccc5c(c4)C(C)(C)c4cc(-c6cccc7c6oc6ccccc67)ccc4-5)cc3)cc21. The van der Waals surface area contributed by atoms with Crippen molar-refractivity contribution in [3.8, 4) is 89.0 Å². The molecule has 22 rings (SSSR count). The van der Waals surface area contributed by atoms with Gasteiger partial charge in [-0.25, -0.2) is 0 Å². The van der Waals surface area contributed by atoms with Gasteiger partial charge in [-0.2, -0.15) is 0 Å². The van der Waals surface area contributed by atoms with E-state index in [0.717, 1.165) is 89.1 Å². The molecule has 0 bridgehead atoms. The Balaban J connectivity index is 0.000000142. The van der Waals surface area contributed by atoms with Crippen molar-refractivity contribution in [1.82, 2.24) is 0 Å². The molecule has 0 amide bonds. The highest BCUT2D eigenvalue weighted by Crippen LogP contribution is 2.56. The highest BCUT2D eigenvalue weighted by atomic mass is 16.3. The van der Waals surface area contributed by atoms with Crippen molar-refractivity contribution in [2.45, 2.75) is 57.8 Å². The Hall–Kier alpha value is -13.8. The third kappa shape index (κ3) is 11.0. The van der Waals surface area contributed by atoms with Gasteiger partial charge in [0.25, 0.3) is 0 Å². The van der Waals surface area contributed by atoms with E-state index >= 15 is 0 Å². The zero-order valence-corrected chi connectivity index (χ0v) is 64.0. The maximum atomic E-state index is 6.48. The maximum Gasteiger partial charge on any atom is 0.143 e. The molecule has 0 atom stereocenters. The fraction of sp³-hybridized carbons (Fsp3) is 0.0826. The minimum absolute atomic E-state index is 0.0306. The van der Waals surface area contributed by atoms with Crippen LogP contribution in [-0.4, -0.2) is 0 Å². The van der Waals surface area contributed by atoms with Crippen LogP contribution < -0.4 is 9.80 Å². The molecule has 0 N–H and O–H groups in total. The van der Waals surface area contributed by atoms with Gasteiger partial charge in [0.05, 0.1) is 5.69 Å². The van der Waals surface area contributed by atoms with Gasteiger partial charge < -0.3 is 18.6 Å². The molecular formula is C109H80N2O2. The van der Waals surface area contributed by atoms with E-state index in [9.17, 15) is 0 Å². The summed E-state index contributed by atoms with van der Waals surface area (Å²) in [5, 5.41) is 7.05. The van der Waals surface area contributed by atoms with Gasteiger partial charge in [0.2, 0.25) is 0 Å². The molecule has 0 saturated carbocycles. The molecule has 0 fully saturated rings. The minimum atomic E-state index is -0.224. The first-order valence-electron chi connectivity index (χ1n) is 39.4. The molecule has 538 valence electrons. The van der Waals surface area contributed by atoms with Crippen LogP contribution in [0.15, 0.2) is 385 Å². The van der Waals surface area contributed by atoms with Crippen LogP contribution in [0.5, 0.6) is 0 Å². The minimum Gasteiger partial charge on any atom is -0.455 e. The summed E-state index contributed by atoms with van der Waals surface area (Å²) in [7, 11) is 0. The van der Waals surface area contributed by atoms with Crippen molar-refractivity contribution < 1.29 is 8.83 Å². The quantitative estimate of drug-likeness (QED) is 0.129. The average molecular weight is 1450 g/mol. The first-order chi connectivity index (χ1) is 55.3. The maximum absolute atomic E-state index is 6.48. The predicted octanol–water partition coefficient (Wildman–Crippen LogP) is 30.5. The van der Waals surface area contributed by atoms with Gasteiger partial charge in [0, 0.05) is 82.7 Å². The van der Waals surface area contributed by atoms with Gasteiger partial charge in [-0.1, -0.05) is 321 Å². The van der Waals surface area contributed by atoms with Gasteiger partial charge in [-0.15, -0.1) is 0 Å². The zero-order valence-electron chi connectivity index (χ0n) is 64.0. The number of rotatable bonds is 11. The van der Waals surface area contributed by atoms with E-state index in [-0.39, 0.29) is 16.2 Å². The molecular weight excluding hydrogens is 1370 g/mol. The summed E-state index contributed by atoms with van der Waals surface area (Å²) >= 11 is 0. The van der Waals surface area contributed by atoms with Crippen molar-refractivity contribution in [3.63, 3.8) is 0 Å². The van der Waals surface area contributed by atoms with E-state index in [1.54, 1.807) is 0 Å². The van der Waals surface area contributed by atoms with E-state index in [4.69, 9.17) is 8.83 Å². The Kier molecular flexibility index (Phi) is 15.6. The molecule has 4 heteroatoms. The van der Waals surface area contributed by atoms with E-state index in [0.29, 0.717) is 0 Å². The van der Waals surface area contributed by atoms with Crippen molar-refractivity contribution in [2.24, 2.45) is 0 Å². The summed E-state index contributed by atoms with van der Waals surface area (Å²) in [6.45, 7) is 14.2. The van der Waals surface area contributed by atoms with Crippen molar-refractivity contribution in [1.29, 1.82) is 0 Å². The van der Waals surface area contributed by atoms with E-state index in [2.05, 4.69) is 415 Å². The van der Waals surface area contributed by atoms with Crippen molar-refractivity contribution >= 4 is 88.8 Å². The molecule has 2 aromatic heterocycles. The van der Waals surface area contributed by atoms with Crippen LogP contribution in [0.3, 0.4) is 0 Å². The van der Waals surface area contributed by atoms with Crippen LogP contribution in [-0.2, 0) is 16.2 Å². The number of anilines is 6. The number of hydrogen-bond acceptors (Lipinski definition) is 4. The van der Waals surface area contributed by atoms with Crippen LogP contribution >= 0.6 is 0 Å². The number of furan rings is 2. The van der Waals surface area contributed by atoms with Crippen LogP contribution in [0.25, 0.3) is 144 Å². The monoisotopic (exact) mass is 1450 g/mol. The zero-order chi connectivity index (χ0) is 75.8. The van der Waals surface area contributed by atoms with Crippen LogP contribution in [0.1, 0.15) is 74.9 Å². The molecule has 0 unspecified atom stereocenters. The fourth-order valence-electron chi connectivity index (χ4n) is 18.8. The molecule has 19 aromatic rings. The van der Waals surface area contributed by atoms with Gasteiger partial charge in [0.1, 0.15) is 22.3 Å². The molecule has 113 heavy (non-hydrogen) atoms. The lowest BCUT2D eigenvalue weighted by molar-refractivity contribution is 0.660.